The van der Waals surface area contributed by atoms with E-state index in [-0.39, 0.29) is 18.3 Å². The molecule has 4 rings (SSSR count). The van der Waals surface area contributed by atoms with E-state index < -0.39 is 6.09 Å². The van der Waals surface area contributed by atoms with Crippen LogP contribution in [0.2, 0.25) is 0 Å². The van der Waals surface area contributed by atoms with Gasteiger partial charge in [-0.2, -0.15) is 0 Å². The number of nitrogens with zero attached hydrogens (tertiary/aromatic N) is 2. The second-order valence-electron chi connectivity index (χ2n) is 7.00. The van der Waals surface area contributed by atoms with E-state index in [0.717, 1.165) is 18.0 Å². The molecule has 29 heavy (non-hydrogen) atoms. The Morgan fingerprint density at radius 2 is 2.10 bits per heavy atom. The summed E-state index contributed by atoms with van der Waals surface area (Å²) in [4.78, 5) is 36.7. The molecule has 0 atom stereocenters. The Labute approximate surface area is 172 Å². The third-order valence-electron chi connectivity index (χ3n) is 4.90. The molecule has 0 aliphatic heterocycles. The lowest BCUT2D eigenvalue weighted by molar-refractivity contribution is 0.104. The van der Waals surface area contributed by atoms with Crippen molar-refractivity contribution in [2.45, 2.75) is 45.1 Å². The van der Waals surface area contributed by atoms with Crippen molar-refractivity contribution in [1.29, 1.82) is 0 Å². The number of hydrogen-bond donors (Lipinski definition) is 3. The highest BCUT2D eigenvalue weighted by atomic mass is 32.1. The van der Waals surface area contributed by atoms with E-state index in [2.05, 4.69) is 25.6 Å². The molecule has 1 aromatic carbocycles. The van der Waals surface area contributed by atoms with Gasteiger partial charge in [0.2, 0.25) is 11.7 Å². The number of carbonyl (C=O) groups excluding carboxylic acids is 2. The summed E-state index contributed by atoms with van der Waals surface area (Å²) in [5.74, 6) is 0.190. The van der Waals surface area contributed by atoms with E-state index in [9.17, 15) is 9.59 Å². The number of H-pyrrole nitrogens is 1. The van der Waals surface area contributed by atoms with Crippen LogP contribution in [-0.2, 0) is 4.74 Å². The first kappa shape index (κ1) is 19.4. The third-order valence-corrected chi connectivity index (χ3v) is 5.83. The molecule has 3 N–H and O–H groups in total. The maximum atomic E-state index is 12.9. The van der Waals surface area contributed by atoms with Crippen molar-refractivity contribution < 1.29 is 14.3 Å². The van der Waals surface area contributed by atoms with Crippen molar-refractivity contribution >= 4 is 45.3 Å². The van der Waals surface area contributed by atoms with Crippen molar-refractivity contribution in [3.8, 4) is 0 Å². The Bertz CT molecular complexity index is 1020. The van der Waals surface area contributed by atoms with Crippen molar-refractivity contribution in [2.24, 2.45) is 0 Å². The standard InChI is InChI=1S/C20H23N5O3S/c1-2-28-20(27)25-18-23-14-9-8-12(10-15(14)24-18)17(26)16-11-21-19(29-16)22-13-6-4-3-5-7-13/h8-11,13H,2-7H2,1H3,(H,21,22)(H2,23,24,25,27). The third kappa shape index (κ3) is 4.56. The second-order valence-corrected chi connectivity index (χ2v) is 8.03. The van der Waals surface area contributed by atoms with Gasteiger partial charge < -0.3 is 15.0 Å². The number of benzene rings is 1. The lowest BCUT2D eigenvalue weighted by Gasteiger charge is -2.22. The minimum atomic E-state index is -0.578. The van der Waals surface area contributed by atoms with Crippen LogP contribution in [0, 0.1) is 0 Å². The van der Waals surface area contributed by atoms with Gasteiger partial charge in [0, 0.05) is 11.6 Å². The average Bonchev–Trinajstić information content (AvgIpc) is 3.34. The minimum Gasteiger partial charge on any atom is -0.450 e. The van der Waals surface area contributed by atoms with Crippen molar-refractivity contribution in [3.05, 3.63) is 34.8 Å². The molecule has 152 valence electrons. The predicted octanol–water partition coefficient (Wildman–Crippen LogP) is 4.56. The maximum absolute atomic E-state index is 12.9. The Balaban J connectivity index is 1.47. The molecule has 1 aliphatic carbocycles. The fourth-order valence-electron chi connectivity index (χ4n) is 3.48. The summed E-state index contributed by atoms with van der Waals surface area (Å²) in [6, 6.07) is 5.66. The van der Waals surface area contributed by atoms with Crippen molar-refractivity contribution in [2.75, 3.05) is 17.2 Å². The van der Waals surface area contributed by atoms with E-state index in [4.69, 9.17) is 4.74 Å². The Morgan fingerprint density at radius 3 is 2.90 bits per heavy atom. The highest BCUT2D eigenvalue weighted by molar-refractivity contribution is 7.17. The largest absolute Gasteiger partial charge is 0.450 e. The number of anilines is 2. The molecule has 1 amide bonds. The molecule has 9 heteroatoms. The van der Waals surface area contributed by atoms with Gasteiger partial charge >= 0.3 is 6.09 Å². The number of nitrogens with one attached hydrogen (secondary N) is 3. The quantitative estimate of drug-likeness (QED) is 0.511. The summed E-state index contributed by atoms with van der Waals surface area (Å²) >= 11 is 1.38. The first-order chi connectivity index (χ1) is 14.1. The first-order valence-electron chi connectivity index (χ1n) is 9.83. The molecule has 1 aliphatic rings. The van der Waals surface area contributed by atoms with Gasteiger partial charge in [0.1, 0.15) is 0 Å². The number of imidazole rings is 1. The number of ketones is 1. The summed E-state index contributed by atoms with van der Waals surface area (Å²) in [5, 5.41) is 6.78. The lowest BCUT2D eigenvalue weighted by Crippen LogP contribution is -2.21. The van der Waals surface area contributed by atoms with Gasteiger partial charge in [-0.1, -0.05) is 30.6 Å². The average molecular weight is 414 g/mol. The number of carbonyl (C=O) groups is 2. The zero-order chi connectivity index (χ0) is 20.2. The smallest absolute Gasteiger partial charge is 0.413 e. The number of ether oxygens (including phenoxy) is 1. The molecule has 0 unspecified atom stereocenters. The molecule has 8 nitrogen and oxygen atoms in total. The lowest BCUT2D eigenvalue weighted by atomic mass is 9.96. The van der Waals surface area contributed by atoms with Crippen LogP contribution in [0.15, 0.2) is 24.4 Å². The molecule has 2 heterocycles. The molecule has 2 aromatic heterocycles. The highest BCUT2D eigenvalue weighted by Crippen LogP contribution is 2.27. The Morgan fingerprint density at radius 1 is 1.28 bits per heavy atom. The van der Waals surface area contributed by atoms with Crippen LogP contribution in [0.4, 0.5) is 15.9 Å². The Kier molecular flexibility index (Phi) is 5.75. The topological polar surface area (TPSA) is 109 Å². The van der Waals surface area contributed by atoms with Crippen LogP contribution in [0.1, 0.15) is 54.3 Å². The van der Waals surface area contributed by atoms with Crippen LogP contribution in [0.3, 0.4) is 0 Å². The van der Waals surface area contributed by atoms with Gasteiger partial charge in [0.15, 0.2) is 5.13 Å². The van der Waals surface area contributed by atoms with Gasteiger partial charge in [0.05, 0.1) is 28.7 Å². The molecule has 1 saturated carbocycles. The molecule has 0 radical (unpaired) electrons. The normalized spacial score (nSPS) is 14.7. The van der Waals surface area contributed by atoms with E-state index in [1.807, 2.05) is 0 Å². The Hall–Kier alpha value is -2.94. The van der Waals surface area contributed by atoms with Crippen molar-refractivity contribution in [1.82, 2.24) is 15.0 Å². The number of aromatic nitrogens is 3. The number of thiazole rings is 1. The van der Waals surface area contributed by atoms with Gasteiger partial charge in [-0.3, -0.25) is 10.1 Å². The van der Waals surface area contributed by atoms with Gasteiger partial charge in [-0.05, 0) is 38.0 Å². The van der Waals surface area contributed by atoms with E-state index in [0.29, 0.717) is 27.5 Å². The SMILES string of the molecule is CCOC(=O)Nc1nc2ccc(C(=O)c3cnc(NC4CCCCC4)s3)cc2[nH]1. The summed E-state index contributed by atoms with van der Waals surface area (Å²) in [7, 11) is 0. The molecule has 0 spiro atoms. The molecular weight excluding hydrogens is 390 g/mol. The van der Waals surface area contributed by atoms with Crippen LogP contribution in [0.25, 0.3) is 11.0 Å². The highest BCUT2D eigenvalue weighted by Gasteiger charge is 2.18. The summed E-state index contributed by atoms with van der Waals surface area (Å²) in [5.41, 5.74) is 1.85. The summed E-state index contributed by atoms with van der Waals surface area (Å²) < 4.78 is 4.84. The monoisotopic (exact) mass is 413 g/mol. The predicted molar refractivity (Wildman–Crippen MR) is 113 cm³/mol. The van der Waals surface area contributed by atoms with Gasteiger partial charge in [-0.25, -0.2) is 14.8 Å². The number of amides is 1. The van der Waals surface area contributed by atoms with Gasteiger partial charge in [-0.15, -0.1) is 0 Å². The molecular formula is C20H23N5O3S. The maximum Gasteiger partial charge on any atom is 0.413 e. The summed E-state index contributed by atoms with van der Waals surface area (Å²) in [6.45, 7) is 2.00. The molecule has 0 saturated heterocycles. The zero-order valence-electron chi connectivity index (χ0n) is 16.2. The van der Waals surface area contributed by atoms with Crippen LogP contribution in [-0.4, -0.2) is 39.5 Å². The first-order valence-corrected chi connectivity index (χ1v) is 10.6. The minimum absolute atomic E-state index is 0.0874. The fraction of sp³-hybridized carbons (Fsp3) is 0.400. The number of aromatic amines is 1. The van der Waals surface area contributed by atoms with E-state index in [1.54, 1.807) is 31.3 Å². The molecule has 3 aromatic rings. The molecule has 0 bridgehead atoms. The zero-order valence-corrected chi connectivity index (χ0v) is 17.0. The number of rotatable bonds is 6. The number of fused-ring (bicyclic) bond motifs is 1. The van der Waals surface area contributed by atoms with Crippen LogP contribution < -0.4 is 10.6 Å². The van der Waals surface area contributed by atoms with Crippen molar-refractivity contribution in [3.63, 3.8) is 0 Å². The molecule has 1 fully saturated rings. The van der Waals surface area contributed by atoms with E-state index in [1.165, 1.54) is 30.6 Å². The summed E-state index contributed by atoms with van der Waals surface area (Å²) in [6.07, 6.45) is 7.14. The fourth-order valence-corrected chi connectivity index (χ4v) is 4.34. The number of hydrogen-bond acceptors (Lipinski definition) is 7. The van der Waals surface area contributed by atoms with E-state index >= 15 is 0 Å². The van der Waals surface area contributed by atoms with Crippen LogP contribution >= 0.6 is 11.3 Å². The second kappa shape index (κ2) is 8.60. The van der Waals surface area contributed by atoms with Gasteiger partial charge in [0.25, 0.3) is 0 Å². The van der Waals surface area contributed by atoms with Crippen LogP contribution in [0.5, 0.6) is 0 Å².